The van der Waals surface area contributed by atoms with Gasteiger partial charge < -0.3 is 14.6 Å². The van der Waals surface area contributed by atoms with Gasteiger partial charge in [-0.15, -0.1) is 0 Å². The average molecular weight is 288 g/mol. The van der Waals surface area contributed by atoms with Gasteiger partial charge in [0.05, 0.1) is 18.3 Å². The first-order valence-electron chi connectivity index (χ1n) is 7.51. The molecule has 1 atom stereocenters. The number of hydrogen-bond acceptors (Lipinski definition) is 3. The van der Waals surface area contributed by atoms with E-state index < -0.39 is 0 Å². The molecule has 0 amide bonds. The second kappa shape index (κ2) is 6.98. The lowest BCUT2D eigenvalue weighted by Crippen LogP contribution is -2.23. The molecule has 1 unspecified atom stereocenters. The highest BCUT2D eigenvalue weighted by molar-refractivity contribution is 5.44. The number of aryl methyl sites for hydroxylation is 1. The number of ether oxygens (including phenoxy) is 2. The first-order chi connectivity index (χ1) is 10.00. The van der Waals surface area contributed by atoms with Crippen LogP contribution in [0.25, 0.3) is 0 Å². The summed E-state index contributed by atoms with van der Waals surface area (Å²) in [4.78, 5) is 0. The zero-order valence-electron chi connectivity index (χ0n) is 13.1. The molecule has 114 valence electrons. The second-order valence-electron chi connectivity index (χ2n) is 6.10. The Bertz CT molecular complexity index is 537. The van der Waals surface area contributed by atoms with Crippen molar-refractivity contribution < 1.29 is 14.6 Å². The van der Waals surface area contributed by atoms with Crippen LogP contribution in [0.5, 0.6) is 5.75 Å². The Morgan fingerprint density at radius 2 is 2.24 bits per heavy atom. The minimum atomic E-state index is -0.0178. The highest BCUT2D eigenvalue weighted by atomic mass is 16.6. The lowest BCUT2D eigenvalue weighted by molar-refractivity contribution is -0.0326. The van der Waals surface area contributed by atoms with Gasteiger partial charge in [-0.1, -0.05) is 11.8 Å². The van der Waals surface area contributed by atoms with E-state index in [2.05, 4.69) is 25.7 Å². The van der Waals surface area contributed by atoms with Crippen LogP contribution in [-0.4, -0.2) is 30.0 Å². The highest BCUT2D eigenvalue weighted by Crippen LogP contribution is 2.29. The molecule has 0 bridgehead atoms. The van der Waals surface area contributed by atoms with E-state index in [1.807, 2.05) is 25.1 Å². The lowest BCUT2D eigenvalue weighted by atomic mass is 10.1. The monoisotopic (exact) mass is 288 g/mol. The molecule has 21 heavy (non-hydrogen) atoms. The molecule has 1 aromatic rings. The molecule has 2 rings (SSSR count). The Morgan fingerprint density at radius 3 is 2.86 bits per heavy atom. The molecular weight excluding hydrogens is 264 g/mol. The first-order valence-corrected chi connectivity index (χ1v) is 7.51. The molecule has 1 aliphatic heterocycles. The van der Waals surface area contributed by atoms with Crippen LogP contribution in [0.4, 0.5) is 0 Å². The van der Waals surface area contributed by atoms with Crippen LogP contribution in [0, 0.1) is 18.8 Å². The van der Waals surface area contributed by atoms with Crippen LogP contribution >= 0.6 is 0 Å². The van der Waals surface area contributed by atoms with Crippen LogP contribution in [-0.2, 0) is 4.74 Å². The lowest BCUT2D eigenvalue weighted by Gasteiger charge is -2.19. The van der Waals surface area contributed by atoms with E-state index in [4.69, 9.17) is 14.6 Å². The molecule has 1 fully saturated rings. The Hall–Kier alpha value is -1.50. The van der Waals surface area contributed by atoms with Crippen molar-refractivity contribution in [2.24, 2.45) is 0 Å². The van der Waals surface area contributed by atoms with Crippen molar-refractivity contribution in [3.05, 3.63) is 29.3 Å². The number of hydrogen-bond donors (Lipinski definition) is 1. The van der Waals surface area contributed by atoms with Gasteiger partial charge in [0.15, 0.2) is 0 Å². The van der Waals surface area contributed by atoms with Crippen LogP contribution in [0.2, 0.25) is 0 Å². The molecular formula is C18H24O3. The minimum absolute atomic E-state index is 0.0178. The number of aliphatic hydroxyl groups is 1. The Labute approximate surface area is 127 Å². The summed E-state index contributed by atoms with van der Waals surface area (Å²) in [6.07, 6.45) is 2.83. The van der Waals surface area contributed by atoms with Crippen molar-refractivity contribution in [2.45, 2.75) is 51.7 Å². The molecule has 1 heterocycles. The fourth-order valence-corrected chi connectivity index (χ4v) is 2.46. The SMILES string of the molecule is Cc1cc(OCC2CCC(C)(C)O2)ccc1C#CCCO. The number of benzene rings is 1. The quantitative estimate of drug-likeness (QED) is 0.865. The summed E-state index contributed by atoms with van der Waals surface area (Å²) in [5, 5.41) is 8.73. The summed E-state index contributed by atoms with van der Waals surface area (Å²) in [5.41, 5.74) is 2.05. The van der Waals surface area contributed by atoms with Gasteiger partial charge >= 0.3 is 0 Å². The molecule has 1 saturated heterocycles. The predicted octanol–water partition coefficient (Wildman–Crippen LogP) is 3.07. The van der Waals surface area contributed by atoms with E-state index >= 15 is 0 Å². The van der Waals surface area contributed by atoms with Gasteiger partial charge in [-0.2, -0.15) is 0 Å². The van der Waals surface area contributed by atoms with E-state index in [0.717, 1.165) is 29.7 Å². The zero-order valence-corrected chi connectivity index (χ0v) is 13.1. The van der Waals surface area contributed by atoms with Crippen LogP contribution < -0.4 is 4.74 Å². The summed E-state index contributed by atoms with van der Waals surface area (Å²) in [7, 11) is 0. The third kappa shape index (κ3) is 4.77. The summed E-state index contributed by atoms with van der Waals surface area (Å²) in [6, 6.07) is 5.91. The molecule has 0 radical (unpaired) electrons. The van der Waals surface area contributed by atoms with E-state index in [1.54, 1.807) is 0 Å². The molecule has 0 aromatic heterocycles. The van der Waals surface area contributed by atoms with Crippen molar-refractivity contribution in [3.8, 4) is 17.6 Å². The smallest absolute Gasteiger partial charge is 0.119 e. The summed E-state index contributed by atoms with van der Waals surface area (Å²) >= 11 is 0. The third-order valence-corrected chi connectivity index (χ3v) is 3.65. The molecule has 3 heteroatoms. The fraction of sp³-hybridized carbons (Fsp3) is 0.556. The van der Waals surface area contributed by atoms with Gasteiger partial charge in [-0.3, -0.25) is 0 Å². The van der Waals surface area contributed by atoms with Crippen LogP contribution in [0.1, 0.15) is 44.2 Å². The molecule has 0 saturated carbocycles. The van der Waals surface area contributed by atoms with E-state index in [1.165, 1.54) is 0 Å². The Kier molecular flexibility index (Phi) is 5.27. The van der Waals surface area contributed by atoms with Gasteiger partial charge in [0.25, 0.3) is 0 Å². The maximum Gasteiger partial charge on any atom is 0.119 e. The van der Waals surface area contributed by atoms with Crippen LogP contribution in [0.3, 0.4) is 0 Å². The largest absolute Gasteiger partial charge is 0.491 e. The standard InChI is InChI=1S/C18H24O3/c1-14-12-16(8-7-15(14)6-4-5-11-19)20-13-17-9-10-18(2,3)21-17/h7-8,12,17,19H,5,9-11,13H2,1-3H3. The predicted molar refractivity (Wildman–Crippen MR) is 83.4 cm³/mol. The van der Waals surface area contributed by atoms with Gasteiger partial charge in [0.1, 0.15) is 12.4 Å². The summed E-state index contributed by atoms with van der Waals surface area (Å²) in [6.45, 7) is 6.96. The highest BCUT2D eigenvalue weighted by Gasteiger charge is 2.31. The van der Waals surface area contributed by atoms with Gasteiger partial charge in [-0.25, -0.2) is 0 Å². The maximum absolute atomic E-state index is 8.73. The average Bonchev–Trinajstić information content (AvgIpc) is 2.78. The summed E-state index contributed by atoms with van der Waals surface area (Å²) < 4.78 is 11.8. The Morgan fingerprint density at radius 1 is 1.43 bits per heavy atom. The Balaban J connectivity index is 1.90. The van der Waals surface area contributed by atoms with E-state index in [9.17, 15) is 0 Å². The molecule has 0 aliphatic carbocycles. The first kappa shape index (κ1) is 15.9. The van der Waals surface area contributed by atoms with Crippen molar-refractivity contribution in [1.29, 1.82) is 0 Å². The van der Waals surface area contributed by atoms with Crippen molar-refractivity contribution in [2.75, 3.05) is 13.2 Å². The van der Waals surface area contributed by atoms with Gasteiger partial charge in [0, 0.05) is 12.0 Å². The van der Waals surface area contributed by atoms with Crippen molar-refractivity contribution >= 4 is 0 Å². The van der Waals surface area contributed by atoms with Crippen LogP contribution in [0.15, 0.2) is 18.2 Å². The third-order valence-electron chi connectivity index (χ3n) is 3.65. The molecule has 3 nitrogen and oxygen atoms in total. The number of aliphatic hydroxyl groups excluding tert-OH is 1. The maximum atomic E-state index is 8.73. The van der Waals surface area contributed by atoms with Gasteiger partial charge in [-0.05, 0) is 57.4 Å². The molecule has 1 N–H and O–H groups in total. The van der Waals surface area contributed by atoms with Gasteiger partial charge in [0.2, 0.25) is 0 Å². The molecule has 1 aromatic carbocycles. The second-order valence-corrected chi connectivity index (χ2v) is 6.10. The minimum Gasteiger partial charge on any atom is -0.491 e. The van der Waals surface area contributed by atoms with E-state index in [0.29, 0.717) is 13.0 Å². The normalized spacial score (nSPS) is 19.9. The fourth-order valence-electron chi connectivity index (χ4n) is 2.46. The topological polar surface area (TPSA) is 38.7 Å². The van der Waals surface area contributed by atoms with E-state index in [-0.39, 0.29) is 18.3 Å². The molecule has 0 spiro atoms. The zero-order chi connectivity index (χ0) is 15.3. The van der Waals surface area contributed by atoms with Crippen molar-refractivity contribution in [3.63, 3.8) is 0 Å². The number of rotatable bonds is 4. The van der Waals surface area contributed by atoms with Crippen molar-refractivity contribution in [1.82, 2.24) is 0 Å². The molecule has 1 aliphatic rings. The summed E-state index contributed by atoms with van der Waals surface area (Å²) in [5.74, 6) is 6.85.